The van der Waals surface area contributed by atoms with Gasteiger partial charge >= 0.3 is 0 Å². The standard InChI is InChI=1S/C20H21ClFN3O5S/c21-18-9-8-16(31(28,29)25-10-2-1-3-11-25)12-17(18)20(27)24-23-19(26)13-30-15-6-4-14(22)5-7-15/h4-9,12H,1-3,10-11,13H2,(H,23,26)(H,24,27). The maximum Gasteiger partial charge on any atom is 0.276 e. The van der Waals surface area contributed by atoms with Crippen molar-refractivity contribution < 1.29 is 27.1 Å². The van der Waals surface area contributed by atoms with E-state index in [2.05, 4.69) is 10.9 Å². The van der Waals surface area contributed by atoms with Gasteiger partial charge in [0.05, 0.1) is 15.5 Å². The van der Waals surface area contributed by atoms with Crippen LogP contribution < -0.4 is 15.6 Å². The fourth-order valence-corrected chi connectivity index (χ4v) is 4.75. The van der Waals surface area contributed by atoms with Gasteiger partial charge in [-0.2, -0.15) is 4.31 Å². The van der Waals surface area contributed by atoms with Crippen LogP contribution in [-0.4, -0.2) is 44.2 Å². The van der Waals surface area contributed by atoms with Crippen LogP contribution in [0, 0.1) is 5.82 Å². The third-order valence-electron chi connectivity index (χ3n) is 4.63. The van der Waals surface area contributed by atoms with Gasteiger partial charge in [0, 0.05) is 13.1 Å². The number of amides is 2. The molecule has 0 radical (unpaired) electrons. The summed E-state index contributed by atoms with van der Waals surface area (Å²) in [5.74, 6) is -1.62. The number of piperidine rings is 1. The number of nitrogens with one attached hydrogen (secondary N) is 2. The summed E-state index contributed by atoms with van der Waals surface area (Å²) in [5, 5.41) is 0.0342. The summed E-state index contributed by atoms with van der Waals surface area (Å²) in [5.41, 5.74) is 4.23. The number of hydrazine groups is 1. The second-order valence-electron chi connectivity index (χ2n) is 6.85. The monoisotopic (exact) mass is 469 g/mol. The zero-order valence-electron chi connectivity index (χ0n) is 16.4. The molecule has 0 aromatic heterocycles. The van der Waals surface area contributed by atoms with Crippen molar-refractivity contribution in [2.24, 2.45) is 0 Å². The van der Waals surface area contributed by atoms with Crippen LogP contribution in [0.1, 0.15) is 29.6 Å². The molecular weight excluding hydrogens is 449 g/mol. The molecule has 0 spiro atoms. The van der Waals surface area contributed by atoms with E-state index in [0.717, 1.165) is 19.3 Å². The second-order valence-corrected chi connectivity index (χ2v) is 9.20. The molecule has 0 bridgehead atoms. The molecule has 1 saturated heterocycles. The highest BCUT2D eigenvalue weighted by molar-refractivity contribution is 7.89. The normalized spacial score (nSPS) is 14.6. The number of hydrogen-bond donors (Lipinski definition) is 2. The minimum atomic E-state index is -3.75. The van der Waals surface area contributed by atoms with Crippen molar-refractivity contribution in [1.29, 1.82) is 0 Å². The molecule has 2 aromatic rings. The van der Waals surface area contributed by atoms with Crippen LogP contribution in [0.3, 0.4) is 0 Å². The minimum absolute atomic E-state index is 0.0342. The van der Waals surface area contributed by atoms with Crippen LogP contribution in [0.5, 0.6) is 5.75 Å². The highest BCUT2D eigenvalue weighted by Crippen LogP contribution is 2.25. The number of benzene rings is 2. The Morgan fingerprint density at radius 3 is 2.39 bits per heavy atom. The van der Waals surface area contributed by atoms with Gasteiger partial charge in [0.15, 0.2) is 6.61 Å². The first-order valence-electron chi connectivity index (χ1n) is 9.54. The summed E-state index contributed by atoms with van der Waals surface area (Å²) in [7, 11) is -3.75. The zero-order valence-corrected chi connectivity index (χ0v) is 18.0. The van der Waals surface area contributed by atoms with E-state index < -0.39 is 34.3 Å². The lowest BCUT2D eigenvalue weighted by atomic mass is 10.2. The zero-order chi connectivity index (χ0) is 22.4. The first-order chi connectivity index (χ1) is 14.8. The average Bonchev–Trinajstić information content (AvgIpc) is 2.78. The predicted molar refractivity (Wildman–Crippen MR) is 112 cm³/mol. The maximum atomic E-state index is 12.9. The summed E-state index contributed by atoms with van der Waals surface area (Å²) in [6, 6.07) is 8.93. The Morgan fingerprint density at radius 2 is 1.71 bits per heavy atom. The number of rotatable bonds is 6. The van der Waals surface area contributed by atoms with Gasteiger partial charge in [-0.25, -0.2) is 12.8 Å². The molecule has 1 aliphatic rings. The Balaban J connectivity index is 1.61. The van der Waals surface area contributed by atoms with E-state index in [0.29, 0.717) is 13.1 Å². The molecule has 2 amide bonds. The molecule has 2 N–H and O–H groups in total. The Bertz CT molecular complexity index is 1060. The van der Waals surface area contributed by atoms with Crippen LogP contribution in [-0.2, 0) is 14.8 Å². The van der Waals surface area contributed by atoms with E-state index in [4.69, 9.17) is 16.3 Å². The van der Waals surface area contributed by atoms with E-state index in [1.807, 2.05) is 0 Å². The fourth-order valence-electron chi connectivity index (χ4n) is 3.00. The lowest BCUT2D eigenvalue weighted by Crippen LogP contribution is -2.44. The highest BCUT2D eigenvalue weighted by atomic mass is 35.5. The van der Waals surface area contributed by atoms with Gasteiger partial charge in [0.2, 0.25) is 10.0 Å². The molecule has 2 aromatic carbocycles. The molecule has 11 heteroatoms. The van der Waals surface area contributed by atoms with E-state index in [1.165, 1.54) is 46.8 Å². The maximum absolute atomic E-state index is 12.9. The minimum Gasteiger partial charge on any atom is -0.484 e. The highest BCUT2D eigenvalue weighted by Gasteiger charge is 2.27. The molecule has 0 saturated carbocycles. The third kappa shape index (κ3) is 5.93. The van der Waals surface area contributed by atoms with Gasteiger partial charge in [0.25, 0.3) is 11.8 Å². The molecule has 31 heavy (non-hydrogen) atoms. The number of halogens is 2. The van der Waals surface area contributed by atoms with Gasteiger partial charge in [0.1, 0.15) is 11.6 Å². The number of nitrogens with zero attached hydrogens (tertiary/aromatic N) is 1. The molecular formula is C20H21ClFN3O5S. The lowest BCUT2D eigenvalue weighted by molar-refractivity contribution is -0.123. The first kappa shape index (κ1) is 23.0. The third-order valence-corrected chi connectivity index (χ3v) is 6.86. The van der Waals surface area contributed by atoms with Crippen molar-refractivity contribution in [1.82, 2.24) is 15.2 Å². The Hall–Kier alpha value is -2.69. The van der Waals surface area contributed by atoms with Crippen molar-refractivity contribution >= 4 is 33.4 Å². The number of hydrogen-bond acceptors (Lipinski definition) is 5. The van der Waals surface area contributed by atoms with E-state index in [1.54, 1.807) is 0 Å². The van der Waals surface area contributed by atoms with Crippen LogP contribution in [0.15, 0.2) is 47.4 Å². The summed E-state index contributed by atoms with van der Waals surface area (Å²) in [6.07, 6.45) is 2.54. The molecule has 0 atom stereocenters. The van der Waals surface area contributed by atoms with E-state index in [9.17, 15) is 22.4 Å². The average molecular weight is 470 g/mol. The molecule has 3 rings (SSSR count). The van der Waals surface area contributed by atoms with Crippen LogP contribution in [0.2, 0.25) is 5.02 Å². The van der Waals surface area contributed by atoms with Gasteiger partial charge in [-0.1, -0.05) is 18.0 Å². The van der Waals surface area contributed by atoms with Crippen molar-refractivity contribution in [2.75, 3.05) is 19.7 Å². The number of ether oxygens (including phenoxy) is 1. The molecule has 1 fully saturated rings. The molecule has 0 aliphatic carbocycles. The van der Waals surface area contributed by atoms with Crippen LogP contribution in [0.4, 0.5) is 4.39 Å². The molecule has 166 valence electrons. The lowest BCUT2D eigenvalue weighted by Gasteiger charge is -2.26. The molecule has 8 nitrogen and oxygen atoms in total. The smallest absolute Gasteiger partial charge is 0.276 e. The summed E-state index contributed by atoms with van der Waals surface area (Å²) in [4.78, 5) is 24.3. The largest absolute Gasteiger partial charge is 0.484 e. The summed E-state index contributed by atoms with van der Waals surface area (Å²) < 4.78 is 45.1. The Kier molecular flexibility index (Phi) is 7.47. The van der Waals surface area contributed by atoms with Crippen molar-refractivity contribution in [3.05, 3.63) is 58.9 Å². The number of carbonyl (C=O) groups is 2. The number of sulfonamides is 1. The Labute approximate surface area is 184 Å². The van der Waals surface area contributed by atoms with Gasteiger partial charge in [-0.15, -0.1) is 0 Å². The first-order valence-corrected chi connectivity index (χ1v) is 11.4. The summed E-state index contributed by atoms with van der Waals surface area (Å²) >= 11 is 6.06. The second kappa shape index (κ2) is 10.1. The van der Waals surface area contributed by atoms with Gasteiger partial charge in [-0.05, 0) is 55.3 Å². The van der Waals surface area contributed by atoms with Crippen LogP contribution in [0.25, 0.3) is 0 Å². The van der Waals surface area contributed by atoms with Crippen LogP contribution >= 0.6 is 11.6 Å². The van der Waals surface area contributed by atoms with Crippen molar-refractivity contribution in [2.45, 2.75) is 24.2 Å². The fraction of sp³-hybridized carbons (Fsp3) is 0.300. The molecule has 1 heterocycles. The van der Waals surface area contributed by atoms with Gasteiger partial charge < -0.3 is 4.74 Å². The predicted octanol–water partition coefficient (Wildman–Crippen LogP) is 2.49. The molecule has 0 unspecified atom stereocenters. The summed E-state index contributed by atoms with van der Waals surface area (Å²) in [6.45, 7) is 0.427. The van der Waals surface area contributed by atoms with Crippen molar-refractivity contribution in [3.8, 4) is 5.75 Å². The number of carbonyl (C=O) groups excluding carboxylic acids is 2. The Morgan fingerprint density at radius 1 is 1.03 bits per heavy atom. The quantitative estimate of drug-likeness (QED) is 0.632. The van der Waals surface area contributed by atoms with E-state index >= 15 is 0 Å². The topological polar surface area (TPSA) is 105 Å². The van der Waals surface area contributed by atoms with Crippen molar-refractivity contribution in [3.63, 3.8) is 0 Å². The van der Waals surface area contributed by atoms with E-state index in [-0.39, 0.29) is 21.2 Å². The van der Waals surface area contributed by atoms with Gasteiger partial charge in [-0.3, -0.25) is 20.4 Å². The SMILES string of the molecule is O=C(COc1ccc(F)cc1)NNC(=O)c1cc(S(=O)(=O)N2CCCCC2)ccc1Cl. The molecule has 1 aliphatic heterocycles.